The zero-order valence-corrected chi connectivity index (χ0v) is 13.0. The molecular formula is C17H23N3O2. The fraction of sp³-hybridized carbons (Fsp3) is 0.647. The lowest BCUT2D eigenvalue weighted by Crippen LogP contribution is -2.61. The smallest absolute Gasteiger partial charge is 0.335 e. The summed E-state index contributed by atoms with van der Waals surface area (Å²) in [7, 11) is 0. The van der Waals surface area contributed by atoms with Gasteiger partial charge in [0, 0.05) is 5.54 Å². The van der Waals surface area contributed by atoms with Gasteiger partial charge in [-0.3, -0.25) is 0 Å². The standard InChI is InChI=1S/C17H23N3O2/c1-11-2-3-15(22-11)10-18-20-16(21)19-17-7-12-4-13(8-17)6-14(5-12)9-17/h2-3,10,12-14H,4-9H2,1H3,(H2,19,20,21). The molecule has 0 spiro atoms. The van der Waals surface area contributed by atoms with Crippen molar-refractivity contribution in [3.63, 3.8) is 0 Å². The van der Waals surface area contributed by atoms with E-state index >= 15 is 0 Å². The van der Waals surface area contributed by atoms with E-state index in [0.717, 1.165) is 42.8 Å². The third kappa shape index (κ3) is 2.64. The number of hydrogen-bond donors (Lipinski definition) is 2. The van der Waals surface area contributed by atoms with Crippen LogP contribution in [-0.4, -0.2) is 17.8 Å². The molecule has 2 N–H and O–H groups in total. The van der Waals surface area contributed by atoms with E-state index in [1.165, 1.54) is 25.5 Å². The van der Waals surface area contributed by atoms with Crippen LogP contribution in [0.15, 0.2) is 21.7 Å². The van der Waals surface area contributed by atoms with Gasteiger partial charge in [0.25, 0.3) is 0 Å². The van der Waals surface area contributed by atoms with Gasteiger partial charge in [-0.1, -0.05) is 0 Å². The largest absolute Gasteiger partial charge is 0.460 e. The Kier molecular flexibility index (Phi) is 3.24. The molecule has 22 heavy (non-hydrogen) atoms. The molecule has 0 aromatic carbocycles. The molecule has 2 amide bonds. The number of nitrogens with one attached hydrogen (secondary N) is 2. The van der Waals surface area contributed by atoms with Crippen LogP contribution in [0.5, 0.6) is 0 Å². The highest BCUT2D eigenvalue weighted by Crippen LogP contribution is 2.55. The molecule has 0 aliphatic heterocycles. The Bertz CT molecular complexity index is 570. The summed E-state index contributed by atoms with van der Waals surface area (Å²) in [5.41, 5.74) is 2.60. The van der Waals surface area contributed by atoms with Gasteiger partial charge < -0.3 is 9.73 Å². The quantitative estimate of drug-likeness (QED) is 0.665. The Hall–Kier alpha value is -1.78. The normalized spacial score (nSPS) is 36.0. The molecule has 5 heteroatoms. The molecule has 1 aromatic heterocycles. The van der Waals surface area contributed by atoms with Gasteiger partial charge in [0.1, 0.15) is 11.5 Å². The van der Waals surface area contributed by atoms with Crippen LogP contribution < -0.4 is 10.7 Å². The fourth-order valence-corrected chi connectivity index (χ4v) is 5.21. The second kappa shape index (κ2) is 5.14. The highest BCUT2D eigenvalue weighted by Gasteiger charge is 2.51. The van der Waals surface area contributed by atoms with Gasteiger partial charge in [-0.15, -0.1) is 0 Å². The third-order valence-corrected chi connectivity index (χ3v) is 5.54. The fourth-order valence-electron chi connectivity index (χ4n) is 5.21. The first-order valence-electron chi connectivity index (χ1n) is 8.28. The first-order chi connectivity index (χ1) is 10.6. The first-order valence-corrected chi connectivity index (χ1v) is 8.28. The number of hydrazone groups is 1. The maximum Gasteiger partial charge on any atom is 0.335 e. The molecule has 5 nitrogen and oxygen atoms in total. The van der Waals surface area contributed by atoms with Crippen LogP contribution >= 0.6 is 0 Å². The number of nitrogens with zero attached hydrogens (tertiary/aromatic N) is 1. The van der Waals surface area contributed by atoms with Crippen molar-refractivity contribution in [3.8, 4) is 0 Å². The van der Waals surface area contributed by atoms with Gasteiger partial charge in [-0.25, -0.2) is 10.2 Å². The van der Waals surface area contributed by atoms with Crippen molar-refractivity contribution in [2.75, 3.05) is 0 Å². The highest BCUT2D eigenvalue weighted by atomic mass is 16.3. The Balaban J connectivity index is 1.35. The molecule has 4 bridgehead atoms. The molecule has 0 atom stereocenters. The highest BCUT2D eigenvalue weighted by molar-refractivity contribution is 5.79. The van der Waals surface area contributed by atoms with Gasteiger partial charge in [0.05, 0.1) is 6.21 Å². The predicted octanol–water partition coefficient (Wildman–Crippen LogP) is 3.19. The average Bonchev–Trinajstić information content (AvgIpc) is 2.82. The molecule has 118 valence electrons. The molecule has 4 saturated carbocycles. The lowest BCUT2D eigenvalue weighted by atomic mass is 9.53. The van der Waals surface area contributed by atoms with Crippen LogP contribution in [0, 0.1) is 24.7 Å². The molecule has 4 aliphatic carbocycles. The summed E-state index contributed by atoms with van der Waals surface area (Å²) in [5, 5.41) is 7.19. The molecule has 1 heterocycles. The zero-order valence-electron chi connectivity index (χ0n) is 13.0. The lowest BCUT2D eigenvalue weighted by molar-refractivity contribution is -0.0135. The summed E-state index contributed by atoms with van der Waals surface area (Å²) in [4.78, 5) is 12.2. The Labute approximate surface area is 130 Å². The monoisotopic (exact) mass is 301 g/mol. The molecule has 4 fully saturated rings. The van der Waals surface area contributed by atoms with Crippen LogP contribution in [-0.2, 0) is 0 Å². The molecule has 0 unspecified atom stereocenters. The van der Waals surface area contributed by atoms with E-state index in [1.807, 2.05) is 19.1 Å². The number of carbonyl (C=O) groups is 1. The molecule has 0 saturated heterocycles. The van der Waals surface area contributed by atoms with Crippen LogP contribution in [0.1, 0.15) is 50.0 Å². The summed E-state index contributed by atoms with van der Waals surface area (Å²) in [6.45, 7) is 1.88. The number of aryl methyl sites for hydroxylation is 1. The summed E-state index contributed by atoms with van der Waals surface area (Å²) >= 11 is 0. The predicted molar refractivity (Wildman–Crippen MR) is 83.6 cm³/mol. The topological polar surface area (TPSA) is 66.6 Å². The van der Waals surface area contributed by atoms with E-state index in [4.69, 9.17) is 4.42 Å². The minimum Gasteiger partial charge on any atom is -0.460 e. The summed E-state index contributed by atoms with van der Waals surface area (Å²) < 4.78 is 5.38. The number of urea groups is 1. The summed E-state index contributed by atoms with van der Waals surface area (Å²) in [6.07, 6.45) is 9.09. The first kappa shape index (κ1) is 13.9. The van der Waals surface area contributed by atoms with Gasteiger partial charge in [0.2, 0.25) is 0 Å². The average molecular weight is 301 g/mol. The number of furan rings is 1. The zero-order chi connectivity index (χ0) is 15.2. The van der Waals surface area contributed by atoms with Crippen molar-refractivity contribution in [3.05, 3.63) is 23.7 Å². The SMILES string of the molecule is Cc1ccc(C=NNC(=O)NC23CC4CC(CC(C4)C2)C3)o1. The van der Waals surface area contributed by atoms with Crippen LogP contribution in [0.25, 0.3) is 0 Å². The molecule has 0 radical (unpaired) electrons. The van der Waals surface area contributed by atoms with Crippen LogP contribution in [0.4, 0.5) is 4.79 Å². The minimum atomic E-state index is -0.193. The van der Waals surface area contributed by atoms with Crippen LogP contribution in [0.2, 0.25) is 0 Å². The van der Waals surface area contributed by atoms with Crippen molar-refractivity contribution in [2.45, 2.75) is 51.0 Å². The van der Waals surface area contributed by atoms with E-state index in [0.29, 0.717) is 5.76 Å². The molecule has 4 aliphatic rings. The molecular weight excluding hydrogens is 278 g/mol. The number of amides is 2. The van der Waals surface area contributed by atoms with E-state index < -0.39 is 0 Å². The van der Waals surface area contributed by atoms with E-state index in [9.17, 15) is 4.79 Å². The van der Waals surface area contributed by atoms with Crippen molar-refractivity contribution in [1.29, 1.82) is 0 Å². The van der Waals surface area contributed by atoms with E-state index in [1.54, 1.807) is 0 Å². The second-order valence-electron chi connectivity index (χ2n) is 7.47. The van der Waals surface area contributed by atoms with Crippen molar-refractivity contribution in [1.82, 2.24) is 10.7 Å². The Morgan fingerprint density at radius 1 is 1.23 bits per heavy atom. The van der Waals surface area contributed by atoms with Crippen LogP contribution in [0.3, 0.4) is 0 Å². The molecule has 5 rings (SSSR count). The van der Waals surface area contributed by atoms with E-state index in [-0.39, 0.29) is 11.6 Å². The van der Waals surface area contributed by atoms with E-state index in [2.05, 4.69) is 15.8 Å². The summed E-state index contributed by atoms with van der Waals surface area (Å²) in [6, 6.07) is 3.51. The number of rotatable bonds is 3. The van der Waals surface area contributed by atoms with Crippen molar-refractivity contribution >= 4 is 12.2 Å². The lowest BCUT2D eigenvalue weighted by Gasteiger charge is -2.56. The van der Waals surface area contributed by atoms with Gasteiger partial charge in [-0.05, 0) is 75.3 Å². The Morgan fingerprint density at radius 2 is 1.86 bits per heavy atom. The third-order valence-electron chi connectivity index (χ3n) is 5.54. The maximum atomic E-state index is 12.2. The Morgan fingerprint density at radius 3 is 2.41 bits per heavy atom. The molecule has 1 aromatic rings. The summed E-state index contributed by atoms with van der Waals surface area (Å²) in [5.74, 6) is 3.94. The number of carbonyl (C=O) groups excluding carboxylic acids is 1. The van der Waals surface area contributed by atoms with Gasteiger partial charge in [-0.2, -0.15) is 5.10 Å². The number of hydrogen-bond acceptors (Lipinski definition) is 3. The van der Waals surface area contributed by atoms with Crippen molar-refractivity contribution < 1.29 is 9.21 Å². The maximum absolute atomic E-state index is 12.2. The van der Waals surface area contributed by atoms with Gasteiger partial charge >= 0.3 is 6.03 Å². The minimum absolute atomic E-state index is 0.0234. The second-order valence-corrected chi connectivity index (χ2v) is 7.47. The van der Waals surface area contributed by atoms with Crippen molar-refractivity contribution in [2.24, 2.45) is 22.9 Å². The van der Waals surface area contributed by atoms with Gasteiger partial charge in [0.15, 0.2) is 0 Å².